The van der Waals surface area contributed by atoms with Crippen LogP contribution in [0.25, 0.3) is 0 Å². The van der Waals surface area contributed by atoms with E-state index >= 15 is 0 Å². The summed E-state index contributed by atoms with van der Waals surface area (Å²) in [6.45, 7) is 8.24. The van der Waals surface area contributed by atoms with E-state index in [1.54, 1.807) is 4.68 Å². The monoisotopic (exact) mass is 398 g/mol. The number of aliphatic carboxylic acids is 1. The first-order valence-electron chi connectivity index (χ1n) is 9.95. The quantitative estimate of drug-likeness (QED) is 0.757. The molecule has 2 atom stereocenters. The Bertz CT molecular complexity index is 645. The minimum absolute atomic E-state index is 0.229. The summed E-state index contributed by atoms with van der Waals surface area (Å²) < 4.78 is 7.24. The summed E-state index contributed by atoms with van der Waals surface area (Å²) >= 11 is 6.48. The Morgan fingerprint density at radius 1 is 1.33 bits per heavy atom. The molecule has 1 N–H and O–H groups in total. The molecule has 27 heavy (non-hydrogen) atoms. The van der Waals surface area contributed by atoms with E-state index in [4.69, 9.17) is 16.3 Å². The highest BCUT2D eigenvalue weighted by Gasteiger charge is 2.34. The number of nitrogens with zero attached hydrogens (tertiary/aromatic N) is 4. The van der Waals surface area contributed by atoms with Crippen molar-refractivity contribution in [3.63, 3.8) is 0 Å². The van der Waals surface area contributed by atoms with E-state index in [2.05, 4.69) is 21.8 Å². The van der Waals surface area contributed by atoms with Crippen LogP contribution in [-0.4, -0.2) is 76.1 Å². The van der Waals surface area contributed by atoms with Gasteiger partial charge in [0, 0.05) is 51.3 Å². The predicted molar refractivity (Wildman–Crippen MR) is 104 cm³/mol. The van der Waals surface area contributed by atoms with Gasteiger partial charge in [0.05, 0.1) is 18.9 Å². The average Bonchev–Trinajstić information content (AvgIpc) is 2.95. The summed E-state index contributed by atoms with van der Waals surface area (Å²) in [7, 11) is 1.88. The van der Waals surface area contributed by atoms with Gasteiger partial charge in [0.25, 0.3) is 0 Å². The third-order valence-corrected chi connectivity index (χ3v) is 6.36. The molecule has 1 aromatic rings. The van der Waals surface area contributed by atoms with E-state index in [0.717, 1.165) is 76.5 Å². The molecule has 2 saturated heterocycles. The van der Waals surface area contributed by atoms with Gasteiger partial charge in [-0.3, -0.25) is 19.3 Å². The van der Waals surface area contributed by atoms with Crippen LogP contribution in [0, 0.1) is 5.92 Å². The Morgan fingerprint density at radius 3 is 2.74 bits per heavy atom. The molecule has 0 aliphatic carbocycles. The second-order valence-corrected chi connectivity index (χ2v) is 7.98. The lowest BCUT2D eigenvalue weighted by atomic mass is 9.86. The van der Waals surface area contributed by atoms with Gasteiger partial charge < -0.3 is 9.84 Å². The van der Waals surface area contributed by atoms with Gasteiger partial charge in [-0.1, -0.05) is 18.5 Å². The zero-order valence-corrected chi connectivity index (χ0v) is 17.1. The van der Waals surface area contributed by atoms with Gasteiger partial charge in [-0.15, -0.1) is 0 Å². The van der Waals surface area contributed by atoms with Crippen molar-refractivity contribution in [1.29, 1.82) is 0 Å². The first-order chi connectivity index (χ1) is 13.0. The van der Waals surface area contributed by atoms with E-state index in [0.29, 0.717) is 17.1 Å². The van der Waals surface area contributed by atoms with E-state index in [1.165, 1.54) is 0 Å². The number of morpholine rings is 1. The fourth-order valence-electron chi connectivity index (χ4n) is 4.49. The molecule has 0 radical (unpaired) electrons. The number of hydrogen-bond acceptors (Lipinski definition) is 5. The normalized spacial score (nSPS) is 25.0. The fraction of sp³-hybridized carbons (Fsp3) is 0.789. The summed E-state index contributed by atoms with van der Waals surface area (Å²) in [5.74, 6) is -0.357. The van der Waals surface area contributed by atoms with Crippen molar-refractivity contribution in [2.45, 2.75) is 45.2 Å². The lowest BCUT2D eigenvalue weighted by Gasteiger charge is -2.45. The van der Waals surface area contributed by atoms with Crippen molar-refractivity contribution in [3.05, 3.63) is 16.4 Å². The Kier molecular flexibility index (Phi) is 7.14. The molecule has 0 aromatic carbocycles. The molecule has 0 amide bonds. The van der Waals surface area contributed by atoms with Crippen molar-refractivity contribution >= 4 is 17.6 Å². The van der Waals surface area contributed by atoms with Crippen LogP contribution in [0.3, 0.4) is 0 Å². The second kappa shape index (κ2) is 9.37. The maximum atomic E-state index is 11.2. The molecular weight excluding hydrogens is 368 g/mol. The molecule has 3 heterocycles. The number of hydrogen-bond donors (Lipinski definition) is 1. The number of rotatable bonds is 7. The maximum absolute atomic E-state index is 11.2. The smallest absolute Gasteiger partial charge is 0.303 e. The Labute approximate surface area is 166 Å². The number of piperidine rings is 1. The molecular formula is C19H31ClN4O3. The van der Waals surface area contributed by atoms with E-state index < -0.39 is 5.97 Å². The van der Waals surface area contributed by atoms with Gasteiger partial charge in [-0.05, 0) is 31.7 Å². The zero-order valence-electron chi connectivity index (χ0n) is 16.4. The predicted octanol–water partition coefficient (Wildman–Crippen LogP) is 2.02. The highest BCUT2D eigenvalue weighted by Crippen LogP contribution is 2.30. The van der Waals surface area contributed by atoms with Gasteiger partial charge in [0.2, 0.25) is 0 Å². The minimum atomic E-state index is -0.712. The van der Waals surface area contributed by atoms with Crippen molar-refractivity contribution in [1.82, 2.24) is 19.6 Å². The van der Waals surface area contributed by atoms with Crippen molar-refractivity contribution in [3.8, 4) is 0 Å². The van der Waals surface area contributed by atoms with Crippen molar-refractivity contribution < 1.29 is 14.6 Å². The first kappa shape index (κ1) is 20.6. The molecule has 7 nitrogen and oxygen atoms in total. The molecule has 2 aliphatic heterocycles. The number of ether oxygens (including phenoxy) is 1. The standard InChI is InChI=1S/C19H31ClN4O3/c1-3-16-15(19(20)22(2)21-16)13-23-7-6-17(24-8-10-27-11-9-24)14(12-23)4-5-18(25)26/h14,17H,3-13H2,1-2H3,(H,25,26)/t14-,17+/m1/s1. The van der Waals surface area contributed by atoms with Gasteiger partial charge in [-0.25, -0.2) is 0 Å². The lowest BCUT2D eigenvalue weighted by molar-refractivity contribution is -0.137. The van der Waals surface area contributed by atoms with Crippen LogP contribution >= 0.6 is 11.6 Å². The second-order valence-electron chi connectivity index (χ2n) is 7.63. The van der Waals surface area contributed by atoms with Crippen molar-refractivity contribution in [2.24, 2.45) is 13.0 Å². The molecule has 1 aromatic heterocycles. The molecule has 0 spiro atoms. The molecule has 8 heteroatoms. The summed E-state index contributed by atoms with van der Waals surface area (Å²) in [5.41, 5.74) is 2.17. The van der Waals surface area contributed by atoms with Gasteiger partial charge >= 0.3 is 5.97 Å². The van der Waals surface area contributed by atoms with Crippen LogP contribution < -0.4 is 0 Å². The number of aromatic nitrogens is 2. The molecule has 0 saturated carbocycles. The van der Waals surface area contributed by atoms with Gasteiger partial charge in [-0.2, -0.15) is 5.10 Å². The summed E-state index contributed by atoms with van der Waals surface area (Å²) in [5, 5.41) is 14.4. The Morgan fingerprint density at radius 2 is 2.07 bits per heavy atom. The average molecular weight is 399 g/mol. The van der Waals surface area contributed by atoms with Crippen LogP contribution in [0.15, 0.2) is 0 Å². The Hall–Kier alpha value is -1.15. The number of aryl methyl sites for hydroxylation is 2. The van der Waals surface area contributed by atoms with E-state index in [9.17, 15) is 9.90 Å². The van der Waals surface area contributed by atoms with E-state index in [-0.39, 0.29) is 6.42 Å². The van der Waals surface area contributed by atoms with Crippen LogP contribution in [-0.2, 0) is 29.5 Å². The highest BCUT2D eigenvalue weighted by molar-refractivity contribution is 6.30. The molecule has 2 aliphatic rings. The number of likely N-dealkylation sites (tertiary alicyclic amines) is 1. The van der Waals surface area contributed by atoms with Crippen LogP contribution in [0.2, 0.25) is 5.15 Å². The zero-order chi connectivity index (χ0) is 19.4. The molecule has 0 unspecified atom stereocenters. The van der Waals surface area contributed by atoms with E-state index in [1.807, 2.05) is 7.05 Å². The largest absolute Gasteiger partial charge is 0.481 e. The number of carboxylic acids is 1. The third kappa shape index (κ3) is 5.02. The number of carbonyl (C=O) groups is 1. The van der Waals surface area contributed by atoms with Gasteiger partial charge in [0.15, 0.2) is 0 Å². The van der Waals surface area contributed by atoms with Crippen LogP contribution in [0.1, 0.15) is 37.4 Å². The lowest BCUT2D eigenvalue weighted by Crippen LogP contribution is -2.53. The first-order valence-corrected chi connectivity index (χ1v) is 10.3. The number of halogens is 1. The van der Waals surface area contributed by atoms with Crippen molar-refractivity contribution in [2.75, 3.05) is 39.4 Å². The minimum Gasteiger partial charge on any atom is -0.481 e. The summed E-state index contributed by atoms with van der Waals surface area (Å²) in [6.07, 6.45) is 2.87. The van der Waals surface area contributed by atoms with Crippen LogP contribution in [0.5, 0.6) is 0 Å². The molecule has 3 rings (SSSR count). The third-order valence-electron chi connectivity index (χ3n) is 5.89. The fourth-order valence-corrected chi connectivity index (χ4v) is 4.69. The SMILES string of the molecule is CCc1nn(C)c(Cl)c1CN1CC[C@H](N2CCOCC2)[C@H](CCC(=O)O)C1. The topological polar surface area (TPSA) is 70.8 Å². The summed E-state index contributed by atoms with van der Waals surface area (Å²) in [4.78, 5) is 16.1. The molecule has 0 bridgehead atoms. The summed E-state index contributed by atoms with van der Waals surface area (Å²) in [6, 6.07) is 0.444. The molecule has 2 fully saturated rings. The maximum Gasteiger partial charge on any atom is 0.303 e. The highest BCUT2D eigenvalue weighted by atomic mass is 35.5. The van der Waals surface area contributed by atoms with Crippen LogP contribution in [0.4, 0.5) is 0 Å². The Balaban J connectivity index is 1.69. The van der Waals surface area contributed by atoms with Gasteiger partial charge in [0.1, 0.15) is 5.15 Å². The molecule has 152 valence electrons. The number of carboxylic acid groups (broad SMARTS) is 1.